The number of unbranched alkanes of at least 4 members (excludes halogenated alkanes) is 10. The van der Waals surface area contributed by atoms with Crippen LogP contribution in [0.1, 0.15) is 90.9 Å². The number of aromatic nitrogens is 2. The number of ether oxygens (including phenoxy) is 1. The third-order valence-corrected chi connectivity index (χ3v) is 6.14. The van der Waals surface area contributed by atoms with Gasteiger partial charge in [0.1, 0.15) is 5.75 Å². The lowest BCUT2D eigenvalue weighted by atomic mass is 10.1. The fourth-order valence-corrected chi connectivity index (χ4v) is 4.16. The molecule has 0 saturated heterocycles. The quantitative estimate of drug-likeness (QED) is 0.244. The van der Waals surface area contributed by atoms with Crippen LogP contribution in [0.3, 0.4) is 0 Å². The first kappa shape index (κ1) is 24.7. The second-order valence-corrected chi connectivity index (χ2v) is 8.67. The average Bonchev–Trinajstić information content (AvgIpc) is 3.18. The monoisotopic (exact) mass is 415 g/mol. The molecule has 4 heteroatoms. The summed E-state index contributed by atoms with van der Waals surface area (Å²) < 4.78 is 7.63. The molecule has 2 aromatic rings. The van der Waals surface area contributed by atoms with E-state index in [0.29, 0.717) is 0 Å². The Morgan fingerprint density at radius 1 is 0.800 bits per heavy atom. The van der Waals surface area contributed by atoms with Crippen LogP contribution in [-0.4, -0.2) is 41.2 Å². The van der Waals surface area contributed by atoms with Gasteiger partial charge in [-0.25, -0.2) is 4.98 Å². The molecule has 4 nitrogen and oxygen atoms in total. The summed E-state index contributed by atoms with van der Waals surface area (Å²) in [4.78, 5) is 7.27. The van der Waals surface area contributed by atoms with Crippen LogP contribution in [-0.2, 0) is 6.54 Å². The van der Waals surface area contributed by atoms with Crippen molar-refractivity contribution in [3.05, 3.63) is 24.5 Å². The number of hydrogen-bond donors (Lipinski definition) is 0. The third-order valence-electron chi connectivity index (χ3n) is 6.14. The molecule has 0 amide bonds. The Morgan fingerprint density at radius 2 is 1.40 bits per heavy atom. The fourth-order valence-electron chi connectivity index (χ4n) is 4.16. The Bertz CT molecular complexity index is 666. The van der Waals surface area contributed by atoms with Crippen molar-refractivity contribution in [1.82, 2.24) is 14.5 Å². The number of benzene rings is 1. The zero-order valence-electron chi connectivity index (χ0n) is 19.9. The smallest absolute Gasteiger partial charge is 0.121 e. The molecule has 30 heavy (non-hydrogen) atoms. The Labute approximate surface area is 185 Å². The van der Waals surface area contributed by atoms with E-state index in [-0.39, 0.29) is 0 Å². The van der Waals surface area contributed by atoms with E-state index in [2.05, 4.69) is 34.4 Å². The largest absolute Gasteiger partial charge is 0.497 e. The van der Waals surface area contributed by atoms with Crippen LogP contribution in [0.15, 0.2) is 24.5 Å². The lowest BCUT2D eigenvalue weighted by molar-refractivity contribution is 0.251. The maximum Gasteiger partial charge on any atom is 0.121 e. The molecule has 2 rings (SSSR count). The van der Waals surface area contributed by atoms with E-state index in [4.69, 9.17) is 4.74 Å². The zero-order chi connectivity index (χ0) is 21.4. The highest BCUT2D eigenvalue weighted by Crippen LogP contribution is 2.19. The number of nitrogens with zero attached hydrogens (tertiary/aromatic N) is 3. The standard InChI is InChI=1S/C26H45N3O/c1-4-6-8-10-12-14-18-28(19-15-13-11-9-7-5-2)20-21-29-23-27-25-22-24(30-3)16-17-26(25)29/h16-17,22-23H,4-15,18-21H2,1-3H3. The molecule has 1 aromatic carbocycles. The summed E-state index contributed by atoms with van der Waals surface area (Å²) in [6, 6.07) is 6.19. The van der Waals surface area contributed by atoms with Crippen LogP contribution in [0.5, 0.6) is 5.75 Å². The number of imidazole rings is 1. The molecule has 0 radical (unpaired) electrons. The second-order valence-electron chi connectivity index (χ2n) is 8.67. The molecule has 0 aliphatic heterocycles. The minimum Gasteiger partial charge on any atom is -0.497 e. The van der Waals surface area contributed by atoms with Gasteiger partial charge in [-0.05, 0) is 38.1 Å². The van der Waals surface area contributed by atoms with Gasteiger partial charge in [-0.1, -0.05) is 78.1 Å². The molecule has 1 aromatic heterocycles. The highest BCUT2D eigenvalue weighted by atomic mass is 16.5. The van der Waals surface area contributed by atoms with E-state index in [1.165, 1.54) is 95.7 Å². The van der Waals surface area contributed by atoms with Gasteiger partial charge in [-0.3, -0.25) is 0 Å². The van der Waals surface area contributed by atoms with Gasteiger partial charge in [0, 0.05) is 19.2 Å². The highest BCUT2D eigenvalue weighted by molar-refractivity contribution is 5.76. The van der Waals surface area contributed by atoms with Gasteiger partial charge in [0.2, 0.25) is 0 Å². The van der Waals surface area contributed by atoms with Gasteiger partial charge in [0.05, 0.1) is 24.5 Å². The lowest BCUT2D eigenvalue weighted by Gasteiger charge is -2.23. The second kappa shape index (κ2) is 15.3. The molecule has 0 aliphatic rings. The van der Waals surface area contributed by atoms with Gasteiger partial charge in [-0.2, -0.15) is 0 Å². The summed E-state index contributed by atoms with van der Waals surface area (Å²) in [7, 11) is 1.71. The molecule has 170 valence electrons. The fraction of sp³-hybridized carbons (Fsp3) is 0.731. The zero-order valence-corrected chi connectivity index (χ0v) is 19.9. The molecule has 0 unspecified atom stereocenters. The molecule has 1 heterocycles. The summed E-state index contributed by atoms with van der Waals surface area (Å²) in [6.45, 7) is 9.18. The van der Waals surface area contributed by atoms with Crippen molar-refractivity contribution in [2.75, 3.05) is 26.7 Å². The van der Waals surface area contributed by atoms with Gasteiger partial charge in [0.15, 0.2) is 0 Å². The van der Waals surface area contributed by atoms with Crippen LogP contribution in [0.2, 0.25) is 0 Å². The number of methoxy groups -OCH3 is 1. The summed E-state index contributed by atoms with van der Waals surface area (Å²) in [6.07, 6.45) is 18.4. The van der Waals surface area contributed by atoms with E-state index < -0.39 is 0 Å². The highest BCUT2D eigenvalue weighted by Gasteiger charge is 2.08. The minimum absolute atomic E-state index is 0.875. The number of rotatable bonds is 18. The first-order valence-corrected chi connectivity index (χ1v) is 12.5. The van der Waals surface area contributed by atoms with Crippen molar-refractivity contribution in [1.29, 1.82) is 0 Å². The van der Waals surface area contributed by atoms with Crippen molar-refractivity contribution in [3.63, 3.8) is 0 Å². The van der Waals surface area contributed by atoms with Crippen LogP contribution >= 0.6 is 0 Å². The Morgan fingerprint density at radius 3 is 2.00 bits per heavy atom. The number of hydrogen-bond acceptors (Lipinski definition) is 3. The topological polar surface area (TPSA) is 30.3 Å². The van der Waals surface area contributed by atoms with E-state index in [1.807, 2.05) is 18.5 Å². The lowest BCUT2D eigenvalue weighted by Crippen LogP contribution is -2.29. The molecule has 0 aliphatic carbocycles. The van der Waals surface area contributed by atoms with E-state index >= 15 is 0 Å². The van der Waals surface area contributed by atoms with Crippen molar-refractivity contribution in [2.24, 2.45) is 0 Å². The molecular weight excluding hydrogens is 370 g/mol. The van der Waals surface area contributed by atoms with Crippen molar-refractivity contribution >= 4 is 11.0 Å². The van der Waals surface area contributed by atoms with E-state index in [0.717, 1.165) is 24.4 Å². The van der Waals surface area contributed by atoms with Crippen molar-refractivity contribution in [3.8, 4) is 5.75 Å². The van der Waals surface area contributed by atoms with Gasteiger partial charge < -0.3 is 14.2 Å². The predicted molar refractivity (Wildman–Crippen MR) is 129 cm³/mol. The Hall–Kier alpha value is -1.55. The molecular formula is C26H45N3O. The van der Waals surface area contributed by atoms with E-state index in [9.17, 15) is 0 Å². The molecule has 0 N–H and O–H groups in total. The normalized spacial score (nSPS) is 11.6. The van der Waals surface area contributed by atoms with Crippen LogP contribution in [0.25, 0.3) is 11.0 Å². The molecule has 0 bridgehead atoms. The predicted octanol–water partition coefficient (Wildman–Crippen LogP) is 7.07. The first-order valence-electron chi connectivity index (χ1n) is 12.5. The Balaban J connectivity index is 1.81. The van der Waals surface area contributed by atoms with Crippen molar-refractivity contribution in [2.45, 2.75) is 97.4 Å². The third kappa shape index (κ3) is 9.07. The first-order chi connectivity index (χ1) is 14.8. The summed E-state index contributed by atoms with van der Waals surface area (Å²) in [5.41, 5.74) is 2.22. The summed E-state index contributed by atoms with van der Waals surface area (Å²) in [5.74, 6) is 0.875. The summed E-state index contributed by atoms with van der Waals surface area (Å²) >= 11 is 0. The van der Waals surface area contributed by atoms with Crippen LogP contribution in [0, 0.1) is 0 Å². The molecule has 0 saturated carbocycles. The van der Waals surface area contributed by atoms with Crippen LogP contribution in [0.4, 0.5) is 0 Å². The molecule has 0 atom stereocenters. The molecule has 0 fully saturated rings. The van der Waals surface area contributed by atoms with E-state index in [1.54, 1.807) is 7.11 Å². The minimum atomic E-state index is 0.875. The van der Waals surface area contributed by atoms with Gasteiger partial charge in [-0.15, -0.1) is 0 Å². The van der Waals surface area contributed by atoms with Crippen molar-refractivity contribution < 1.29 is 4.74 Å². The van der Waals surface area contributed by atoms with Crippen LogP contribution < -0.4 is 4.74 Å². The van der Waals surface area contributed by atoms with Gasteiger partial charge in [0.25, 0.3) is 0 Å². The molecule has 0 spiro atoms. The Kier molecular flexibility index (Phi) is 12.6. The SMILES string of the molecule is CCCCCCCCN(CCCCCCCC)CCn1cnc2cc(OC)ccc21. The maximum absolute atomic E-state index is 5.33. The average molecular weight is 416 g/mol. The summed E-state index contributed by atoms with van der Waals surface area (Å²) in [5, 5.41) is 0. The van der Waals surface area contributed by atoms with Gasteiger partial charge >= 0.3 is 0 Å². The number of fused-ring (bicyclic) bond motifs is 1. The maximum atomic E-state index is 5.33.